The molecule has 0 bridgehead atoms. The Hall–Kier alpha value is -1.70. The zero-order valence-electron chi connectivity index (χ0n) is 17.4. The van der Waals surface area contributed by atoms with Crippen molar-refractivity contribution in [3.8, 4) is 0 Å². The van der Waals surface area contributed by atoms with Crippen LogP contribution >= 0.6 is 19.2 Å². The van der Waals surface area contributed by atoms with Crippen molar-refractivity contribution in [1.82, 2.24) is 14.9 Å². The summed E-state index contributed by atoms with van der Waals surface area (Å²) < 4.78 is 22.4. The summed E-state index contributed by atoms with van der Waals surface area (Å²) in [6.07, 6.45) is 5.09. The number of aromatic nitrogens is 2. The van der Waals surface area contributed by atoms with Crippen molar-refractivity contribution in [1.29, 1.82) is 0 Å². The lowest BCUT2D eigenvalue weighted by Crippen LogP contribution is -2.35. The molecule has 1 fully saturated rings. The summed E-state index contributed by atoms with van der Waals surface area (Å²) >= 11 is 6.03. The van der Waals surface area contributed by atoms with E-state index in [1.807, 2.05) is 30.3 Å². The lowest BCUT2D eigenvalue weighted by Gasteiger charge is -2.33. The first kappa shape index (κ1) is 23.0. The van der Waals surface area contributed by atoms with E-state index in [4.69, 9.17) is 20.6 Å². The molecule has 2 aromatic rings. The molecule has 1 aliphatic heterocycles. The Balaban J connectivity index is 1.41. The largest absolute Gasteiger partial charge is 0.370 e. The van der Waals surface area contributed by atoms with Gasteiger partial charge in [0.1, 0.15) is 24.2 Å². The zero-order chi connectivity index (χ0) is 21.4. The van der Waals surface area contributed by atoms with Crippen LogP contribution in [0.4, 0.5) is 17.3 Å². The number of hydrogen-bond donors (Lipinski definition) is 2. The standard InChI is InChI=1S/C20H29ClN5O3P/c1-28-30(27,29-2)15-26-10-7-16(8-11-26)6-9-22-19-13-20(24-14-23-19)25-18-5-3-4-17(21)12-18/h3-5,12-14,16H,6-11,15H2,1-2H3,(H2,22,23,24,25). The van der Waals surface area contributed by atoms with Gasteiger partial charge in [0, 0.05) is 37.5 Å². The number of hydrogen-bond acceptors (Lipinski definition) is 8. The Morgan fingerprint density at radius 1 is 1.17 bits per heavy atom. The van der Waals surface area contributed by atoms with E-state index >= 15 is 0 Å². The molecule has 1 aromatic heterocycles. The molecular weight excluding hydrogens is 425 g/mol. The van der Waals surface area contributed by atoms with Crippen molar-refractivity contribution in [2.24, 2.45) is 5.92 Å². The van der Waals surface area contributed by atoms with Crippen LogP contribution in [-0.4, -0.2) is 55.0 Å². The fraction of sp³-hybridized carbons (Fsp3) is 0.500. The molecule has 0 amide bonds. The van der Waals surface area contributed by atoms with Gasteiger partial charge in [0.25, 0.3) is 0 Å². The number of benzene rings is 1. The van der Waals surface area contributed by atoms with Gasteiger partial charge in [-0.3, -0.25) is 9.46 Å². The van der Waals surface area contributed by atoms with Crippen LogP contribution < -0.4 is 10.6 Å². The molecule has 164 valence electrons. The van der Waals surface area contributed by atoms with Crippen LogP contribution in [0.3, 0.4) is 0 Å². The average Bonchev–Trinajstić information content (AvgIpc) is 2.75. The third kappa shape index (κ3) is 6.93. The molecule has 1 aliphatic rings. The number of nitrogens with one attached hydrogen (secondary N) is 2. The predicted molar refractivity (Wildman–Crippen MR) is 121 cm³/mol. The van der Waals surface area contributed by atoms with E-state index in [1.165, 1.54) is 20.5 Å². The van der Waals surface area contributed by atoms with Crippen LogP contribution in [0.15, 0.2) is 36.7 Å². The van der Waals surface area contributed by atoms with Gasteiger partial charge in [-0.25, -0.2) is 9.97 Å². The highest BCUT2D eigenvalue weighted by molar-refractivity contribution is 7.53. The molecule has 3 rings (SSSR count). The summed E-state index contributed by atoms with van der Waals surface area (Å²) in [5, 5.41) is 7.29. The van der Waals surface area contributed by atoms with E-state index in [1.54, 1.807) is 0 Å². The number of halogens is 1. The second kappa shape index (κ2) is 11.1. The number of anilines is 3. The average molecular weight is 454 g/mol. The van der Waals surface area contributed by atoms with Crippen molar-refractivity contribution in [2.75, 3.05) is 50.8 Å². The summed E-state index contributed by atoms with van der Waals surface area (Å²) in [5.41, 5.74) is 0.880. The molecule has 0 spiro atoms. The van der Waals surface area contributed by atoms with Crippen LogP contribution in [0.5, 0.6) is 0 Å². The van der Waals surface area contributed by atoms with Gasteiger partial charge in [-0.2, -0.15) is 0 Å². The first-order valence-corrected chi connectivity index (χ1v) is 12.1. The number of likely N-dealkylation sites (tertiary alicyclic amines) is 1. The highest BCUT2D eigenvalue weighted by Crippen LogP contribution is 2.47. The molecule has 2 N–H and O–H groups in total. The Kier molecular flexibility index (Phi) is 8.48. The Labute approximate surface area is 182 Å². The fourth-order valence-corrected chi connectivity index (χ4v) is 4.84. The van der Waals surface area contributed by atoms with Gasteiger partial charge in [0.15, 0.2) is 0 Å². The summed E-state index contributed by atoms with van der Waals surface area (Å²) in [7, 11) is -0.105. The highest BCUT2D eigenvalue weighted by Gasteiger charge is 2.28. The molecule has 1 aromatic carbocycles. The smallest absolute Gasteiger partial charge is 0.344 e. The van der Waals surface area contributed by atoms with Crippen LogP contribution in [0.25, 0.3) is 0 Å². The zero-order valence-corrected chi connectivity index (χ0v) is 19.0. The third-order valence-corrected chi connectivity index (χ3v) is 7.35. The SMILES string of the molecule is COP(=O)(CN1CCC(CCNc2cc(Nc3cccc(Cl)c3)ncn2)CC1)OC. The summed E-state index contributed by atoms with van der Waals surface area (Å²) in [4.78, 5) is 10.7. The van der Waals surface area contributed by atoms with Crippen molar-refractivity contribution >= 4 is 36.5 Å². The molecule has 0 radical (unpaired) electrons. The maximum atomic E-state index is 12.3. The molecule has 30 heavy (non-hydrogen) atoms. The summed E-state index contributed by atoms with van der Waals surface area (Å²) in [6.45, 7) is 2.65. The highest BCUT2D eigenvalue weighted by atomic mass is 35.5. The van der Waals surface area contributed by atoms with E-state index in [-0.39, 0.29) is 0 Å². The number of rotatable bonds is 10. The van der Waals surface area contributed by atoms with E-state index in [9.17, 15) is 4.57 Å². The number of piperidine rings is 1. The fourth-order valence-electron chi connectivity index (χ4n) is 3.49. The molecule has 0 aliphatic carbocycles. The molecule has 0 saturated carbocycles. The third-order valence-electron chi connectivity index (χ3n) is 5.26. The second-order valence-electron chi connectivity index (χ2n) is 7.32. The lowest BCUT2D eigenvalue weighted by molar-refractivity contribution is 0.181. The maximum Gasteiger partial charge on any atom is 0.344 e. The van der Waals surface area contributed by atoms with Crippen LogP contribution in [0.1, 0.15) is 19.3 Å². The first-order chi connectivity index (χ1) is 14.5. The van der Waals surface area contributed by atoms with Gasteiger partial charge >= 0.3 is 7.60 Å². The van der Waals surface area contributed by atoms with Gasteiger partial charge in [-0.1, -0.05) is 17.7 Å². The molecular formula is C20H29ClN5O3P. The van der Waals surface area contributed by atoms with E-state index < -0.39 is 7.60 Å². The van der Waals surface area contributed by atoms with Gasteiger partial charge in [0.05, 0.1) is 0 Å². The summed E-state index contributed by atoms with van der Waals surface area (Å²) in [5.74, 6) is 2.13. The molecule has 2 heterocycles. The van der Waals surface area contributed by atoms with E-state index in [0.29, 0.717) is 23.0 Å². The normalized spacial score (nSPS) is 15.8. The van der Waals surface area contributed by atoms with Gasteiger partial charge < -0.3 is 19.7 Å². The maximum absolute atomic E-state index is 12.3. The van der Waals surface area contributed by atoms with Crippen molar-refractivity contribution in [2.45, 2.75) is 19.3 Å². The predicted octanol–water partition coefficient (Wildman–Crippen LogP) is 4.83. The molecule has 10 heteroatoms. The van der Waals surface area contributed by atoms with E-state index in [2.05, 4.69) is 25.5 Å². The lowest BCUT2D eigenvalue weighted by atomic mass is 9.94. The Morgan fingerprint density at radius 2 is 1.90 bits per heavy atom. The van der Waals surface area contributed by atoms with Crippen molar-refractivity contribution < 1.29 is 13.6 Å². The molecule has 0 atom stereocenters. The Morgan fingerprint density at radius 3 is 2.60 bits per heavy atom. The van der Waals surface area contributed by atoms with Gasteiger partial charge in [-0.15, -0.1) is 0 Å². The van der Waals surface area contributed by atoms with Crippen LogP contribution in [0, 0.1) is 5.92 Å². The molecule has 0 unspecified atom stereocenters. The van der Waals surface area contributed by atoms with Gasteiger partial charge in [0.2, 0.25) is 0 Å². The Bertz CT molecular complexity index is 856. The first-order valence-electron chi connectivity index (χ1n) is 10.0. The minimum absolute atomic E-state index is 0.355. The topological polar surface area (TPSA) is 88.6 Å². The minimum Gasteiger partial charge on any atom is -0.370 e. The van der Waals surface area contributed by atoms with E-state index in [0.717, 1.165) is 50.4 Å². The monoisotopic (exact) mass is 453 g/mol. The van der Waals surface area contributed by atoms with Gasteiger partial charge in [-0.05, 0) is 56.5 Å². The van der Waals surface area contributed by atoms with Crippen molar-refractivity contribution in [3.63, 3.8) is 0 Å². The summed E-state index contributed by atoms with van der Waals surface area (Å²) in [6, 6.07) is 9.39. The molecule has 8 nitrogen and oxygen atoms in total. The minimum atomic E-state index is -2.98. The number of nitrogens with zero attached hydrogens (tertiary/aromatic N) is 3. The second-order valence-corrected chi connectivity index (χ2v) is 9.99. The van der Waals surface area contributed by atoms with Crippen molar-refractivity contribution in [3.05, 3.63) is 41.7 Å². The quantitative estimate of drug-likeness (QED) is 0.494. The van der Waals surface area contributed by atoms with Crippen LogP contribution in [-0.2, 0) is 13.6 Å². The molecule has 1 saturated heterocycles. The van der Waals surface area contributed by atoms with Crippen LogP contribution in [0.2, 0.25) is 5.02 Å².